The van der Waals surface area contributed by atoms with E-state index in [2.05, 4.69) is 31.3 Å². The Hall–Kier alpha value is -0.380. The van der Waals surface area contributed by atoms with Crippen LogP contribution in [0.5, 0.6) is 0 Å². The fourth-order valence-corrected chi connectivity index (χ4v) is 5.00. The van der Waals surface area contributed by atoms with E-state index in [1.807, 2.05) is 6.07 Å². The molecule has 0 bridgehead atoms. The maximum atomic E-state index is 11.5. The molecule has 1 atom stereocenters. The Morgan fingerprint density at radius 3 is 2.70 bits per heavy atom. The third-order valence-corrected chi connectivity index (χ3v) is 6.25. The van der Waals surface area contributed by atoms with Crippen LogP contribution in [-0.2, 0) is 17.2 Å². The first kappa shape index (κ1) is 14.6. The monoisotopic (exact) mass is 311 g/mol. The zero-order valence-corrected chi connectivity index (χ0v) is 13.7. The molecule has 1 fully saturated rings. The minimum absolute atomic E-state index is 0.212. The molecule has 0 aromatic heterocycles. The van der Waals surface area contributed by atoms with Gasteiger partial charge in [-0.05, 0) is 47.9 Å². The van der Waals surface area contributed by atoms with Crippen molar-refractivity contribution in [1.82, 2.24) is 5.32 Å². The van der Waals surface area contributed by atoms with Crippen molar-refractivity contribution in [2.75, 3.05) is 11.5 Å². The van der Waals surface area contributed by atoms with E-state index in [-0.39, 0.29) is 5.41 Å². The van der Waals surface area contributed by atoms with E-state index in [1.54, 1.807) is 0 Å². The molecule has 1 aliphatic carbocycles. The molecule has 0 radical (unpaired) electrons. The minimum atomic E-state index is -0.593. The van der Waals surface area contributed by atoms with Crippen LogP contribution in [0.2, 0.25) is 5.02 Å². The fourth-order valence-electron chi connectivity index (χ4n) is 3.52. The largest absolute Gasteiger partial charge is 0.307 e. The first-order chi connectivity index (χ1) is 9.45. The lowest BCUT2D eigenvalue weighted by Gasteiger charge is -2.34. The molecule has 20 heavy (non-hydrogen) atoms. The molecule has 3 rings (SSSR count). The molecule has 1 heterocycles. The molecule has 1 saturated heterocycles. The van der Waals surface area contributed by atoms with Gasteiger partial charge in [0.25, 0.3) is 0 Å². The zero-order chi connectivity index (χ0) is 14.3. The maximum absolute atomic E-state index is 11.5. The second kappa shape index (κ2) is 5.43. The van der Waals surface area contributed by atoms with Crippen molar-refractivity contribution < 1.29 is 4.21 Å². The van der Waals surface area contributed by atoms with Gasteiger partial charge in [0.15, 0.2) is 0 Å². The highest BCUT2D eigenvalue weighted by Gasteiger charge is 2.40. The summed E-state index contributed by atoms with van der Waals surface area (Å²) in [5.41, 5.74) is 2.98. The van der Waals surface area contributed by atoms with Crippen LogP contribution in [0.4, 0.5) is 0 Å². The van der Waals surface area contributed by atoms with Gasteiger partial charge in [0, 0.05) is 39.4 Å². The number of hydrogen-bond acceptors (Lipinski definition) is 2. The quantitative estimate of drug-likeness (QED) is 0.906. The molecule has 1 aromatic carbocycles. The summed E-state index contributed by atoms with van der Waals surface area (Å²) in [6.07, 6.45) is 3.14. The Morgan fingerprint density at radius 2 is 2.00 bits per heavy atom. The molecule has 2 nitrogen and oxygen atoms in total. The summed E-state index contributed by atoms with van der Waals surface area (Å²) in [4.78, 5) is 0. The number of halogens is 1. The number of nitrogens with one attached hydrogen (secondary N) is 1. The minimum Gasteiger partial charge on any atom is -0.307 e. The van der Waals surface area contributed by atoms with Crippen molar-refractivity contribution in [2.24, 2.45) is 5.41 Å². The lowest BCUT2D eigenvalue weighted by Crippen LogP contribution is -2.41. The molecule has 1 unspecified atom stereocenters. The van der Waals surface area contributed by atoms with Crippen molar-refractivity contribution in [3.05, 3.63) is 34.3 Å². The molecular formula is C16H22ClNOS. The first-order valence-electron chi connectivity index (χ1n) is 7.35. The third kappa shape index (κ3) is 2.81. The van der Waals surface area contributed by atoms with E-state index in [1.165, 1.54) is 11.1 Å². The van der Waals surface area contributed by atoms with E-state index in [4.69, 9.17) is 11.6 Å². The van der Waals surface area contributed by atoms with E-state index in [0.29, 0.717) is 12.1 Å². The first-order valence-corrected chi connectivity index (χ1v) is 9.22. The van der Waals surface area contributed by atoms with Gasteiger partial charge in [0.05, 0.1) is 0 Å². The zero-order valence-electron chi connectivity index (χ0n) is 12.1. The van der Waals surface area contributed by atoms with Crippen LogP contribution in [0.1, 0.15) is 43.9 Å². The maximum Gasteiger partial charge on any atom is 0.0409 e. The summed E-state index contributed by atoms with van der Waals surface area (Å²) in [5.74, 6) is 1.68. The molecule has 0 amide bonds. The molecule has 0 saturated carbocycles. The summed E-state index contributed by atoms with van der Waals surface area (Å²) >= 11 is 6.18. The number of hydrogen-bond donors (Lipinski definition) is 1. The predicted octanol–water partition coefficient (Wildman–Crippen LogP) is 3.46. The summed E-state index contributed by atoms with van der Waals surface area (Å²) in [6, 6.07) is 7.11. The van der Waals surface area contributed by atoms with Crippen LogP contribution < -0.4 is 5.32 Å². The van der Waals surface area contributed by atoms with E-state index in [9.17, 15) is 4.21 Å². The fraction of sp³-hybridized carbons (Fsp3) is 0.625. The van der Waals surface area contributed by atoms with Crippen LogP contribution in [-0.4, -0.2) is 21.8 Å². The summed E-state index contributed by atoms with van der Waals surface area (Å²) < 4.78 is 11.5. The van der Waals surface area contributed by atoms with Crippen LogP contribution in [0, 0.1) is 5.41 Å². The topological polar surface area (TPSA) is 29.1 Å². The predicted molar refractivity (Wildman–Crippen MR) is 85.7 cm³/mol. The Balaban J connectivity index is 1.81. The molecule has 0 spiro atoms. The lowest BCUT2D eigenvalue weighted by molar-refractivity contribution is 0.242. The van der Waals surface area contributed by atoms with Crippen molar-refractivity contribution in [3.63, 3.8) is 0 Å². The highest BCUT2D eigenvalue weighted by molar-refractivity contribution is 7.85. The molecule has 1 N–H and O–H groups in total. The van der Waals surface area contributed by atoms with Crippen LogP contribution in [0.25, 0.3) is 0 Å². The molecule has 1 aliphatic heterocycles. The Morgan fingerprint density at radius 1 is 1.30 bits per heavy atom. The van der Waals surface area contributed by atoms with Gasteiger partial charge in [-0.25, -0.2) is 0 Å². The van der Waals surface area contributed by atoms with Crippen molar-refractivity contribution in [1.29, 1.82) is 0 Å². The van der Waals surface area contributed by atoms with Gasteiger partial charge in [0.2, 0.25) is 0 Å². The summed E-state index contributed by atoms with van der Waals surface area (Å²) in [7, 11) is -0.593. The van der Waals surface area contributed by atoms with Gasteiger partial charge in [-0.15, -0.1) is 0 Å². The van der Waals surface area contributed by atoms with Gasteiger partial charge < -0.3 is 5.32 Å². The number of fused-ring (bicyclic) bond motifs is 1. The van der Waals surface area contributed by atoms with Crippen LogP contribution in [0.15, 0.2) is 18.2 Å². The van der Waals surface area contributed by atoms with Gasteiger partial charge in [-0.3, -0.25) is 4.21 Å². The molecule has 4 heteroatoms. The second-order valence-electron chi connectivity index (χ2n) is 6.73. The van der Waals surface area contributed by atoms with Gasteiger partial charge in [-0.1, -0.05) is 31.5 Å². The van der Waals surface area contributed by atoms with Gasteiger partial charge in [0.1, 0.15) is 0 Å². The normalized spacial score (nSPS) is 32.0. The number of rotatable bonds is 2. The summed E-state index contributed by atoms with van der Waals surface area (Å²) in [5, 5.41) is 4.64. The molecule has 1 aromatic rings. The Bertz CT molecular complexity index is 533. The van der Waals surface area contributed by atoms with E-state index in [0.717, 1.165) is 35.8 Å². The molecule has 2 aliphatic rings. The van der Waals surface area contributed by atoms with Crippen molar-refractivity contribution >= 4 is 22.4 Å². The van der Waals surface area contributed by atoms with Crippen molar-refractivity contribution in [3.8, 4) is 0 Å². The summed E-state index contributed by atoms with van der Waals surface area (Å²) in [6.45, 7) is 4.64. The van der Waals surface area contributed by atoms with Crippen molar-refractivity contribution in [2.45, 2.75) is 45.2 Å². The second-order valence-corrected chi connectivity index (χ2v) is 8.86. The van der Waals surface area contributed by atoms with Crippen LogP contribution in [0.3, 0.4) is 0 Å². The standard InChI is InChI=1S/C16H22ClNOS/c1-16(2)10-11-3-4-12(17)9-14(11)15(16)18-13-5-7-20(19)8-6-13/h3-4,9,13,15,18H,5-8,10H2,1-2H3. The molecule has 110 valence electrons. The average molecular weight is 312 g/mol. The van der Waals surface area contributed by atoms with Gasteiger partial charge >= 0.3 is 0 Å². The third-order valence-electron chi connectivity index (χ3n) is 4.64. The smallest absolute Gasteiger partial charge is 0.0409 e. The lowest BCUT2D eigenvalue weighted by atomic mass is 9.84. The van der Waals surface area contributed by atoms with E-state index >= 15 is 0 Å². The number of benzene rings is 1. The Labute approximate surface area is 128 Å². The highest BCUT2D eigenvalue weighted by Crippen LogP contribution is 2.46. The Kier molecular flexibility index (Phi) is 3.95. The average Bonchev–Trinajstić information content (AvgIpc) is 2.63. The molecular weight excluding hydrogens is 290 g/mol. The van der Waals surface area contributed by atoms with Gasteiger partial charge in [-0.2, -0.15) is 0 Å². The highest BCUT2D eigenvalue weighted by atomic mass is 35.5. The SMILES string of the molecule is CC1(C)Cc2ccc(Cl)cc2C1NC1CCS(=O)CC1. The van der Waals surface area contributed by atoms with Crippen LogP contribution >= 0.6 is 11.6 Å². The van der Waals surface area contributed by atoms with E-state index < -0.39 is 10.8 Å².